The minimum absolute atomic E-state index is 0.00113. The van der Waals surface area contributed by atoms with E-state index in [0.717, 1.165) is 32.1 Å². The standard InChI is InChI=1S/C25H51N2O6P/c1-6-8-10-11-12-13-14-15-16-17-18-24(28)23(26-25(29)19-9-7-2)22-33-34(30,31)32-21-20-27(3,4)5/h17-18,23-24,28H,6-16,19-22H2,1-5H3,(H-,26,29,30,31)/b18-17+. The van der Waals surface area contributed by atoms with Crippen LogP contribution in [0.4, 0.5) is 0 Å². The summed E-state index contributed by atoms with van der Waals surface area (Å²) in [5.74, 6) is -0.238. The molecule has 8 nitrogen and oxygen atoms in total. The molecule has 0 rings (SSSR count). The Morgan fingerprint density at radius 2 is 1.59 bits per heavy atom. The van der Waals surface area contributed by atoms with Gasteiger partial charge in [-0.15, -0.1) is 0 Å². The summed E-state index contributed by atoms with van der Waals surface area (Å²) in [7, 11) is 1.25. The van der Waals surface area contributed by atoms with Crippen molar-refractivity contribution >= 4 is 13.7 Å². The summed E-state index contributed by atoms with van der Waals surface area (Å²) >= 11 is 0. The lowest BCUT2D eigenvalue weighted by atomic mass is 10.1. The molecule has 0 saturated heterocycles. The fourth-order valence-electron chi connectivity index (χ4n) is 3.24. The summed E-state index contributed by atoms with van der Waals surface area (Å²) < 4.78 is 22.6. The van der Waals surface area contributed by atoms with Crippen LogP contribution in [0, 0.1) is 0 Å². The first kappa shape index (κ1) is 33.2. The third kappa shape index (κ3) is 20.6. The Labute approximate surface area is 208 Å². The fraction of sp³-hybridized carbons (Fsp3) is 0.880. The zero-order valence-corrected chi connectivity index (χ0v) is 23.2. The molecule has 202 valence electrons. The second kappa shape index (κ2) is 19.4. The van der Waals surface area contributed by atoms with Crippen molar-refractivity contribution in [1.29, 1.82) is 0 Å². The van der Waals surface area contributed by atoms with Crippen LogP contribution in [0.2, 0.25) is 0 Å². The van der Waals surface area contributed by atoms with Crippen LogP contribution in [-0.4, -0.2) is 68.5 Å². The number of aliphatic hydroxyl groups is 1. The van der Waals surface area contributed by atoms with Crippen LogP contribution < -0.4 is 10.2 Å². The summed E-state index contributed by atoms with van der Waals surface area (Å²) in [6.07, 6.45) is 15.0. The maximum absolute atomic E-state index is 12.2. The van der Waals surface area contributed by atoms with Crippen molar-refractivity contribution in [1.82, 2.24) is 5.32 Å². The highest BCUT2D eigenvalue weighted by molar-refractivity contribution is 7.45. The van der Waals surface area contributed by atoms with Gasteiger partial charge in [0.2, 0.25) is 5.91 Å². The third-order valence-corrected chi connectivity index (χ3v) is 6.46. The van der Waals surface area contributed by atoms with Crippen molar-refractivity contribution in [2.24, 2.45) is 0 Å². The van der Waals surface area contributed by atoms with E-state index in [9.17, 15) is 19.4 Å². The summed E-state index contributed by atoms with van der Waals surface area (Å²) in [5, 5.41) is 13.3. The number of allylic oxidation sites excluding steroid dienone is 1. The van der Waals surface area contributed by atoms with Gasteiger partial charge in [0.15, 0.2) is 0 Å². The molecule has 1 amide bonds. The molecule has 0 aromatic rings. The molecule has 2 N–H and O–H groups in total. The lowest BCUT2D eigenvalue weighted by Crippen LogP contribution is -2.45. The first-order valence-electron chi connectivity index (χ1n) is 13.1. The quantitative estimate of drug-likeness (QED) is 0.0980. The van der Waals surface area contributed by atoms with Gasteiger partial charge in [0.1, 0.15) is 13.2 Å². The summed E-state index contributed by atoms with van der Waals surface area (Å²) in [6, 6.07) is -0.872. The minimum atomic E-state index is -4.54. The summed E-state index contributed by atoms with van der Waals surface area (Å²) in [6.45, 7) is 4.31. The molecule has 0 aromatic heterocycles. The predicted octanol–water partition coefficient (Wildman–Crippen LogP) is 4.32. The number of nitrogens with zero attached hydrogens (tertiary/aromatic N) is 1. The largest absolute Gasteiger partial charge is 0.756 e. The molecule has 0 heterocycles. The van der Waals surface area contributed by atoms with Gasteiger partial charge in [0, 0.05) is 6.42 Å². The third-order valence-electron chi connectivity index (χ3n) is 5.50. The van der Waals surface area contributed by atoms with Gasteiger partial charge in [-0.25, -0.2) is 0 Å². The van der Waals surface area contributed by atoms with Crippen LogP contribution >= 0.6 is 7.82 Å². The van der Waals surface area contributed by atoms with Crippen molar-refractivity contribution in [3.63, 3.8) is 0 Å². The second-order valence-electron chi connectivity index (χ2n) is 10.0. The lowest BCUT2D eigenvalue weighted by Gasteiger charge is -2.29. The number of phosphoric ester groups is 1. The first-order valence-corrected chi connectivity index (χ1v) is 14.5. The van der Waals surface area contributed by atoms with E-state index < -0.39 is 20.0 Å². The van der Waals surface area contributed by atoms with Crippen molar-refractivity contribution in [3.05, 3.63) is 12.2 Å². The molecule has 0 spiro atoms. The second-order valence-corrected chi connectivity index (χ2v) is 11.5. The molecule has 3 unspecified atom stereocenters. The van der Waals surface area contributed by atoms with Crippen LogP contribution in [0.3, 0.4) is 0 Å². The van der Waals surface area contributed by atoms with Crippen LogP contribution in [0.15, 0.2) is 12.2 Å². The maximum atomic E-state index is 12.2. The number of likely N-dealkylation sites (N-methyl/N-ethyl adjacent to an activating group) is 1. The van der Waals surface area contributed by atoms with Gasteiger partial charge in [-0.05, 0) is 19.3 Å². The van der Waals surface area contributed by atoms with Crippen molar-refractivity contribution in [2.45, 2.75) is 103 Å². The van der Waals surface area contributed by atoms with E-state index in [1.807, 2.05) is 34.1 Å². The van der Waals surface area contributed by atoms with Crippen LogP contribution in [0.5, 0.6) is 0 Å². The molecule has 3 atom stereocenters. The average molecular weight is 507 g/mol. The molecular weight excluding hydrogens is 455 g/mol. The maximum Gasteiger partial charge on any atom is 0.268 e. The van der Waals surface area contributed by atoms with Gasteiger partial charge >= 0.3 is 0 Å². The van der Waals surface area contributed by atoms with Crippen molar-refractivity contribution < 1.29 is 32.9 Å². The molecule has 0 radical (unpaired) electrons. The number of rotatable bonds is 22. The van der Waals surface area contributed by atoms with Gasteiger partial charge in [0.25, 0.3) is 7.82 Å². The van der Waals surface area contributed by atoms with E-state index in [-0.39, 0.29) is 19.1 Å². The Kier molecular flexibility index (Phi) is 19.0. The zero-order chi connectivity index (χ0) is 25.9. The monoisotopic (exact) mass is 506 g/mol. The predicted molar refractivity (Wildman–Crippen MR) is 136 cm³/mol. The normalized spacial score (nSPS) is 15.9. The Balaban J connectivity index is 4.59. The number of carbonyl (C=O) groups excluding carboxylic acids is 1. The Morgan fingerprint density at radius 1 is 1.00 bits per heavy atom. The van der Waals surface area contributed by atoms with Crippen molar-refractivity contribution in [3.8, 4) is 0 Å². The first-order chi connectivity index (χ1) is 16.0. The van der Waals surface area contributed by atoms with Crippen LogP contribution in [-0.2, 0) is 18.4 Å². The zero-order valence-electron chi connectivity index (χ0n) is 22.3. The molecule has 0 aliphatic carbocycles. The van der Waals surface area contributed by atoms with Crippen molar-refractivity contribution in [2.75, 3.05) is 40.9 Å². The molecule has 0 bridgehead atoms. The topological polar surface area (TPSA) is 108 Å². The summed E-state index contributed by atoms with van der Waals surface area (Å²) in [5.41, 5.74) is 0. The fourth-order valence-corrected chi connectivity index (χ4v) is 3.97. The number of quaternary nitrogens is 1. The van der Waals surface area contributed by atoms with E-state index in [1.165, 1.54) is 38.5 Å². The van der Waals surface area contributed by atoms with Gasteiger partial charge in [0.05, 0.1) is 39.9 Å². The van der Waals surface area contributed by atoms with E-state index in [0.29, 0.717) is 17.4 Å². The molecule has 0 aliphatic rings. The highest BCUT2D eigenvalue weighted by Crippen LogP contribution is 2.38. The number of carbonyl (C=O) groups is 1. The number of phosphoric acid groups is 1. The lowest BCUT2D eigenvalue weighted by molar-refractivity contribution is -0.870. The summed E-state index contributed by atoms with van der Waals surface area (Å²) in [4.78, 5) is 24.3. The molecule has 0 aromatic carbocycles. The molecule has 0 fully saturated rings. The number of unbranched alkanes of at least 4 members (excludes halogenated alkanes) is 9. The van der Waals surface area contributed by atoms with E-state index >= 15 is 0 Å². The molecule has 9 heteroatoms. The molecular formula is C25H51N2O6P. The number of amides is 1. The average Bonchev–Trinajstić information content (AvgIpc) is 2.75. The Morgan fingerprint density at radius 3 is 2.18 bits per heavy atom. The number of aliphatic hydroxyl groups excluding tert-OH is 1. The van der Waals surface area contributed by atoms with Gasteiger partial charge in [-0.1, -0.05) is 77.4 Å². The van der Waals surface area contributed by atoms with Gasteiger partial charge in [-0.3, -0.25) is 9.36 Å². The molecule has 34 heavy (non-hydrogen) atoms. The highest BCUT2D eigenvalue weighted by Gasteiger charge is 2.23. The number of hydrogen-bond acceptors (Lipinski definition) is 6. The van der Waals surface area contributed by atoms with Gasteiger partial charge < -0.3 is 28.8 Å². The SMILES string of the molecule is CCCCCCCCCC/C=C/C(O)C(COP(=O)([O-])OCC[N+](C)(C)C)NC(=O)CCCC. The van der Waals surface area contributed by atoms with E-state index in [2.05, 4.69) is 12.2 Å². The molecule has 0 saturated carbocycles. The highest BCUT2D eigenvalue weighted by atomic mass is 31.2. The van der Waals surface area contributed by atoms with Crippen LogP contribution in [0.25, 0.3) is 0 Å². The number of nitrogens with one attached hydrogen (secondary N) is 1. The van der Waals surface area contributed by atoms with E-state index in [1.54, 1.807) is 6.08 Å². The number of hydrogen-bond donors (Lipinski definition) is 2. The Hall–Kier alpha value is -0.760. The molecule has 0 aliphatic heterocycles. The van der Waals surface area contributed by atoms with E-state index in [4.69, 9.17) is 9.05 Å². The van der Waals surface area contributed by atoms with Gasteiger partial charge in [-0.2, -0.15) is 0 Å². The smallest absolute Gasteiger partial charge is 0.268 e. The van der Waals surface area contributed by atoms with Crippen LogP contribution in [0.1, 0.15) is 90.9 Å². The Bertz CT molecular complexity index is 594. The minimum Gasteiger partial charge on any atom is -0.756 e.